The number of hydrogen-bond acceptors (Lipinski definition) is 3. The summed E-state index contributed by atoms with van der Waals surface area (Å²) in [4.78, 5) is 0. The molecule has 0 spiro atoms. The lowest BCUT2D eigenvalue weighted by Gasteiger charge is -2.35. The number of nitrogens with one attached hydrogen (secondary N) is 1. The van der Waals surface area contributed by atoms with E-state index in [2.05, 4.69) is 19.2 Å². The standard InChI is InChI=1S/C8H18N2O/c1-7(2)5-8(9)6-10-3-4-11-8/h7,10H,3-6,9H2,1-2H3. The Kier molecular flexibility index (Phi) is 2.87. The predicted molar refractivity (Wildman–Crippen MR) is 45.2 cm³/mol. The van der Waals surface area contributed by atoms with Crippen molar-refractivity contribution in [1.29, 1.82) is 0 Å². The maximum atomic E-state index is 5.98. The van der Waals surface area contributed by atoms with E-state index >= 15 is 0 Å². The van der Waals surface area contributed by atoms with Crippen LogP contribution in [-0.4, -0.2) is 25.4 Å². The van der Waals surface area contributed by atoms with Crippen LogP contribution in [0.25, 0.3) is 0 Å². The highest BCUT2D eigenvalue weighted by Crippen LogP contribution is 2.16. The van der Waals surface area contributed by atoms with E-state index in [4.69, 9.17) is 10.5 Å². The minimum Gasteiger partial charge on any atom is -0.358 e. The van der Waals surface area contributed by atoms with Crippen molar-refractivity contribution in [3.63, 3.8) is 0 Å². The van der Waals surface area contributed by atoms with Crippen LogP contribution >= 0.6 is 0 Å². The van der Waals surface area contributed by atoms with Crippen LogP contribution in [0.4, 0.5) is 0 Å². The summed E-state index contributed by atoms with van der Waals surface area (Å²) >= 11 is 0. The van der Waals surface area contributed by atoms with Crippen LogP contribution < -0.4 is 11.1 Å². The number of nitrogens with two attached hydrogens (primary N) is 1. The van der Waals surface area contributed by atoms with Gasteiger partial charge >= 0.3 is 0 Å². The smallest absolute Gasteiger partial charge is 0.129 e. The van der Waals surface area contributed by atoms with E-state index in [1.54, 1.807) is 0 Å². The Balaban J connectivity index is 2.37. The summed E-state index contributed by atoms with van der Waals surface area (Å²) in [7, 11) is 0. The molecule has 1 aliphatic rings. The second-order valence-electron chi connectivity index (χ2n) is 3.69. The minimum absolute atomic E-state index is 0.410. The quantitative estimate of drug-likeness (QED) is 0.608. The zero-order valence-corrected chi connectivity index (χ0v) is 7.39. The molecule has 1 rings (SSSR count). The highest BCUT2D eigenvalue weighted by atomic mass is 16.5. The summed E-state index contributed by atoms with van der Waals surface area (Å²) in [6.45, 7) is 6.77. The highest BCUT2D eigenvalue weighted by molar-refractivity contribution is 4.80. The molecule has 0 radical (unpaired) electrons. The van der Waals surface area contributed by atoms with Gasteiger partial charge in [-0.25, -0.2) is 0 Å². The third-order valence-corrected chi connectivity index (χ3v) is 1.85. The zero-order chi connectivity index (χ0) is 8.32. The molecule has 0 aromatic heterocycles. The molecule has 0 aromatic rings. The molecule has 3 nitrogen and oxygen atoms in total. The zero-order valence-electron chi connectivity index (χ0n) is 7.39. The molecule has 66 valence electrons. The maximum absolute atomic E-state index is 5.98. The molecule has 3 N–H and O–H groups in total. The average molecular weight is 158 g/mol. The molecular formula is C8H18N2O. The number of morpholine rings is 1. The summed E-state index contributed by atoms with van der Waals surface area (Å²) in [6, 6.07) is 0. The van der Waals surface area contributed by atoms with Gasteiger partial charge in [0, 0.05) is 13.1 Å². The number of ether oxygens (including phenoxy) is 1. The fourth-order valence-corrected chi connectivity index (χ4v) is 1.50. The summed E-state index contributed by atoms with van der Waals surface area (Å²) in [5.74, 6) is 0.597. The van der Waals surface area contributed by atoms with E-state index in [-0.39, 0.29) is 0 Å². The third-order valence-electron chi connectivity index (χ3n) is 1.85. The Labute approximate surface area is 68.3 Å². The van der Waals surface area contributed by atoms with E-state index in [0.29, 0.717) is 5.92 Å². The first-order valence-electron chi connectivity index (χ1n) is 4.26. The van der Waals surface area contributed by atoms with E-state index < -0.39 is 5.72 Å². The molecule has 1 saturated heterocycles. The molecule has 1 unspecified atom stereocenters. The fraction of sp³-hybridized carbons (Fsp3) is 1.00. The van der Waals surface area contributed by atoms with Crippen LogP contribution in [0.1, 0.15) is 20.3 Å². The topological polar surface area (TPSA) is 47.3 Å². The molecule has 0 aromatic carbocycles. The van der Waals surface area contributed by atoms with Gasteiger partial charge in [-0.05, 0) is 12.3 Å². The summed E-state index contributed by atoms with van der Waals surface area (Å²) in [5.41, 5.74) is 5.56. The molecule has 0 amide bonds. The molecule has 3 heteroatoms. The third kappa shape index (κ3) is 2.77. The van der Waals surface area contributed by atoms with Crippen molar-refractivity contribution in [2.45, 2.75) is 26.0 Å². The monoisotopic (exact) mass is 158 g/mol. The lowest BCUT2D eigenvalue weighted by Crippen LogP contribution is -2.56. The minimum atomic E-state index is -0.410. The molecule has 0 bridgehead atoms. The van der Waals surface area contributed by atoms with Gasteiger partial charge in [0.25, 0.3) is 0 Å². The molecule has 1 aliphatic heterocycles. The van der Waals surface area contributed by atoms with Gasteiger partial charge in [-0.1, -0.05) is 13.8 Å². The van der Waals surface area contributed by atoms with Gasteiger partial charge in [0.05, 0.1) is 6.61 Å². The van der Waals surface area contributed by atoms with Crippen molar-refractivity contribution in [2.75, 3.05) is 19.7 Å². The largest absolute Gasteiger partial charge is 0.358 e. The van der Waals surface area contributed by atoms with Gasteiger partial charge in [-0.2, -0.15) is 0 Å². The van der Waals surface area contributed by atoms with Crippen molar-refractivity contribution < 1.29 is 4.74 Å². The number of hydrogen-bond donors (Lipinski definition) is 2. The first-order chi connectivity index (χ1) is 5.12. The highest BCUT2D eigenvalue weighted by Gasteiger charge is 2.28. The van der Waals surface area contributed by atoms with Gasteiger partial charge < -0.3 is 15.8 Å². The summed E-state index contributed by atoms with van der Waals surface area (Å²) in [6.07, 6.45) is 0.931. The van der Waals surface area contributed by atoms with Crippen molar-refractivity contribution in [3.05, 3.63) is 0 Å². The van der Waals surface area contributed by atoms with Crippen LogP contribution in [0.3, 0.4) is 0 Å². The molecule has 11 heavy (non-hydrogen) atoms. The van der Waals surface area contributed by atoms with Crippen LogP contribution in [0, 0.1) is 5.92 Å². The first kappa shape index (κ1) is 8.97. The Morgan fingerprint density at radius 1 is 1.64 bits per heavy atom. The van der Waals surface area contributed by atoms with Crippen LogP contribution in [0.15, 0.2) is 0 Å². The lowest BCUT2D eigenvalue weighted by atomic mass is 10.00. The Morgan fingerprint density at radius 2 is 2.36 bits per heavy atom. The van der Waals surface area contributed by atoms with Crippen LogP contribution in [0.2, 0.25) is 0 Å². The van der Waals surface area contributed by atoms with E-state index in [1.165, 1.54) is 0 Å². The van der Waals surface area contributed by atoms with Gasteiger partial charge in [-0.15, -0.1) is 0 Å². The Bertz CT molecular complexity index is 119. The lowest BCUT2D eigenvalue weighted by molar-refractivity contribution is -0.0736. The SMILES string of the molecule is CC(C)CC1(N)CNCCO1. The molecule has 0 aliphatic carbocycles. The average Bonchev–Trinajstić information content (AvgIpc) is 1.85. The van der Waals surface area contributed by atoms with Crippen molar-refractivity contribution in [1.82, 2.24) is 5.32 Å². The predicted octanol–water partition coefficient (Wildman–Crippen LogP) is 0.307. The maximum Gasteiger partial charge on any atom is 0.129 e. The second-order valence-corrected chi connectivity index (χ2v) is 3.69. The normalized spacial score (nSPS) is 32.7. The molecule has 1 atom stereocenters. The molecule has 1 fully saturated rings. The van der Waals surface area contributed by atoms with Gasteiger partial charge in [0.15, 0.2) is 0 Å². The van der Waals surface area contributed by atoms with Crippen molar-refractivity contribution >= 4 is 0 Å². The molecule has 0 saturated carbocycles. The van der Waals surface area contributed by atoms with Crippen molar-refractivity contribution in [3.8, 4) is 0 Å². The van der Waals surface area contributed by atoms with Gasteiger partial charge in [0.2, 0.25) is 0 Å². The Morgan fingerprint density at radius 3 is 2.82 bits per heavy atom. The van der Waals surface area contributed by atoms with Gasteiger partial charge in [0.1, 0.15) is 5.72 Å². The second kappa shape index (κ2) is 3.52. The van der Waals surface area contributed by atoms with Crippen molar-refractivity contribution in [2.24, 2.45) is 11.7 Å². The summed E-state index contributed by atoms with van der Waals surface area (Å²) in [5, 5.41) is 3.23. The fourth-order valence-electron chi connectivity index (χ4n) is 1.50. The number of rotatable bonds is 2. The van der Waals surface area contributed by atoms with E-state index in [0.717, 1.165) is 26.1 Å². The molecule has 1 heterocycles. The van der Waals surface area contributed by atoms with E-state index in [1.807, 2.05) is 0 Å². The summed E-state index contributed by atoms with van der Waals surface area (Å²) < 4.78 is 5.49. The van der Waals surface area contributed by atoms with Gasteiger partial charge in [-0.3, -0.25) is 0 Å². The van der Waals surface area contributed by atoms with Crippen LogP contribution in [-0.2, 0) is 4.74 Å². The van der Waals surface area contributed by atoms with Crippen LogP contribution in [0.5, 0.6) is 0 Å². The van der Waals surface area contributed by atoms with E-state index in [9.17, 15) is 0 Å². The Hall–Kier alpha value is -0.120. The molecular weight excluding hydrogens is 140 g/mol. The first-order valence-corrected chi connectivity index (χ1v) is 4.26.